The summed E-state index contributed by atoms with van der Waals surface area (Å²) in [4.78, 5) is 0. The summed E-state index contributed by atoms with van der Waals surface area (Å²) in [6, 6.07) is 3.92. The van der Waals surface area contributed by atoms with Crippen LogP contribution >= 0.6 is 11.6 Å². The number of hydrogen-bond acceptors (Lipinski definition) is 2. The van der Waals surface area contributed by atoms with Gasteiger partial charge in [0.2, 0.25) is 0 Å². The van der Waals surface area contributed by atoms with Gasteiger partial charge in [-0.2, -0.15) is 0 Å². The molecule has 1 fully saturated rings. The smallest absolute Gasteiger partial charge is 0.124 e. The topological polar surface area (TPSA) is 35.2 Å². The molecule has 94 valence electrons. The summed E-state index contributed by atoms with van der Waals surface area (Å²) in [5, 5.41) is 0.727. The number of methoxy groups -OCH3 is 1. The number of rotatable bonds is 4. The molecule has 1 aliphatic rings. The summed E-state index contributed by atoms with van der Waals surface area (Å²) in [7, 11) is 1.69. The van der Waals surface area contributed by atoms with Gasteiger partial charge in [0.15, 0.2) is 0 Å². The van der Waals surface area contributed by atoms with E-state index in [-0.39, 0.29) is 5.54 Å². The highest BCUT2D eigenvalue weighted by atomic mass is 35.5. The average Bonchev–Trinajstić information content (AvgIpc) is 2.94. The Hall–Kier alpha value is -0.730. The first-order chi connectivity index (χ1) is 7.95. The van der Waals surface area contributed by atoms with Crippen molar-refractivity contribution in [1.29, 1.82) is 0 Å². The van der Waals surface area contributed by atoms with E-state index < -0.39 is 0 Å². The van der Waals surface area contributed by atoms with Crippen LogP contribution in [0.4, 0.5) is 0 Å². The summed E-state index contributed by atoms with van der Waals surface area (Å²) in [5.41, 5.74) is 8.69. The van der Waals surface area contributed by atoms with E-state index in [1.807, 2.05) is 12.1 Å². The fourth-order valence-electron chi connectivity index (χ4n) is 2.33. The van der Waals surface area contributed by atoms with Crippen LogP contribution in [0.1, 0.15) is 43.7 Å². The Kier molecular flexibility index (Phi) is 3.37. The molecular formula is C14H20ClNO. The molecule has 0 atom stereocenters. The normalized spacial score (nSPS) is 17.3. The van der Waals surface area contributed by atoms with Crippen LogP contribution in [-0.2, 0) is 6.42 Å². The quantitative estimate of drug-likeness (QED) is 0.891. The molecule has 0 spiro atoms. The SMILES string of the molecule is COc1cc(Cl)cc(CC2(N)CC2)c1C(C)C. The van der Waals surface area contributed by atoms with Crippen LogP contribution in [0.15, 0.2) is 12.1 Å². The van der Waals surface area contributed by atoms with Crippen molar-refractivity contribution in [2.75, 3.05) is 7.11 Å². The van der Waals surface area contributed by atoms with Crippen LogP contribution in [0, 0.1) is 0 Å². The Morgan fingerprint density at radius 1 is 1.41 bits per heavy atom. The number of ether oxygens (including phenoxy) is 1. The molecule has 0 heterocycles. The van der Waals surface area contributed by atoms with Gasteiger partial charge in [0.25, 0.3) is 0 Å². The van der Waals surface area contributed by atoms with E-state index in [2.05, 4.69) is 13.8 Å². The van der Waals surface area contributed by atoms with Gasteiger partial charge in [0.1, 0.15) is 5.75 Å². The lowest BCUT2D eigenvalue weighted by Gasteiger charge is -2.19. The second kappa shape index (κ2) is 4.51. The van der Waals surface area contributed by atoms with Crippen molar-refractivity contribution in [3.63, 3.8) is 0 Å². The number of nitrogens with two attached hydrogens (primary N) is 1. The molecule has 2 N–H and O–H groups in total. The first-order valence-corrected chi connectivity index (χ1v) is 6.48. The predicted molar refractivity (Wildman–Crippen MR) is 71.9 cm³/mol. The highest BCUT2D eigenvalue weighted by molar-refractivity contribution is 6.30. The Morgan fingerprint density at radius 2 is 2.06 bits per heavy atom. The molecule has 0 bridgehead atoms. The van der Waals surface area contributed by atoms with Crippen molar-refractivity contribution >= 4 is 11.6 Å². The van der Waals surface area contributed by atoms with Gasteiger partial charge in [-0.05, 0) is 42.9 Å². The van der Waals surface area contributed by atoms with E-state index in [9.17, 15) is 0 Å². The maximum absolute atomic E-state index is 6.21. The summed E-state index contributed by atoms with van der Waals surface area (Å²) in [5.74, 6) is 1.30. The molecule has 3 heteroatoms. The third kappa shape index (κ3) is 2.75. The molecule has 2 rings (SSSR count). The van der Waals surface area contributed by atoms with Crippen molar-refractivity contribution in [3.05, 3.63) is 28.3 Å². The molecule has 2 nitrogen and oxygen atoms in total. The fraction of sp³-hybridized carbons (Fsp3) is 0.571. The van der Waals surface area contributed by atoms with E-state index in [0.717, 1.165) is 30.0 Å². The molecule has 0 radical (unpaired) electrons. The van der Waals surface area contributed by atoms with Gasteiger partial charge in [-0.1, -0.05) is 25.4 Å². The van der Waals surface area contributed by atoms with Crippen molar-refractivity contribution in [2.24, 2.45) is 5.73 Å². The Bertz CT molecular complexity index is 424. The van der Waals surface area contributed by atoms with Crippen LogP contribution in [-0.4, -0.2) is 12.6 Å². The molecule has 1 aliphatic carbocycles. The van der Waals surface area contributed by atoms with Crippen LogP contribution in [0.2, 0.25) is 5.02 Å². The van der Waals surface area contributed by atoms with Crippen LogP contribution in [0.5, 0.6) is 5.75 Å². The lowest BCUT2D eigenvalue weighted by atomic mass is 9.91. The fourth-order valence-corrected chi connectivity index (χ4v) is 2.56. The average molecular weight is 254 g/mol. The van der Waals surface area contributed by atoms with E-state index >= 15 is 0 Å². The predicted octanol–water partition coefficient (Wildman–Crippen LogP) is 3.51. The van der Waals surface area contributed by atoms with Gasteiger partial charge in [-0.15, -0.1) is 0 Å². The van der Waals surface area contributed by atoms with E-state index in [1.165, 1.54) is 11.1 Å². The Morgan fingerprint density at radius 3 is 2.53 bits per heavy atom. The monoisotopic (exact) mass is 253 g/mol. The summed E-state index contributed by atoms with van der Waals surface area (Å²) >= 11 is 6.13. The highest BCUT2D eigenvalue weighted by Crippen LogP contribution is 2.40. The standard InChI is InChI=1S/C14H20ClNO/c1-9(2)13-10(8-14(16)4-5-14)6-11(15)7-12(13)17-3/h6-7,9H,4-5,8,16H2,1-3H3. The van der Waals surface area contributed by atoms with Crippen molar-refractivity contribution < 1.29 is 4.74 Å². The minimum atomic E-state index is -0.000661. The molecule has 0 aliphatic heterocycles. The van der Waals surface area contributed by atoms with Gasteiger partial charge in [0.05, 0.1) is 7.11 Å². The molecule has 0 amide bonds. The minimum Gasteiger partial charge on any atom is -0.496 e. The summed E-state index contributed by atoms with van der Waals surface area (Å²) in [6.45, 7) is 4.34. The van der Waals surface area contributed by atoms with Crippen LogP contribution < -0.4 is 10.5 Å². The minimum absolute atomic E-state index is 0.000661. The zero-order chi connectivity index (χ0) is 12.6. The zero-order valence-corrected chi connectivity index (χ0v) is 11.5. The molecular weight excluding hydrogens is 234 g/mol. The highest BCUT2D eigenvalue weighted by Gasteiger charge is 2.39. The third-order valence-corrected chi connectivity index (χ3v) is 3.64. The van der Waals surface area contributed by atoms with Crippen molar-refractivity contribution in [2.45, 2.75) is 44.6 Å². The summed E-state index contributed by atoms with van der Waals surface area (Å²) in [6.07, 6.45) is 3.12. The molecule has 1 saturated carbocycles. The van der Waals surface area contributed by atoms with E-state index in [1.54, 1.807) is 7.11 Å². The van der Waals surface area contributed by atoms with Gasteiger partial charge in [-0.3, -0.25) is 0 Å². The zero-order valence-electron chi connectivity index (χ0n) is 10.7. The maximum Gasteiger partial charge on any atom is 0.124 e. The van der Waals surface area contributed by atoms with Crippen LogP contribution in [0.25, 0.3) is 0 Å². The Balaban J connectivity index is 2.43. The Labute approximate surface area is 108 Å². The van der Waals surface area contributed by atoms with Gasteiger partial charge >= 0.3 is 0 Å². The van der Waals surface area contributed by atoms with Gasteiger partial charge < -0.3 is 10.5 Å². The molecule has 0 aromatic heterocycles. The first-order valence-electron chi connectivity index (χ1n) is 6.10. The lowest BCUT2D eigenvalue weighted by Crippen LogP contribution is -2.25. The van der Waals surface area contributed by atoms with Crippen molar-refractivity contribution in [1.82, 2.24) is 0 Å². The summed E-state index contributed by atoms with van der Waals surface area (Å²) < 4.78 is 5.44. The van der Waals surface area contributed by atoms with Gasteiger partial charge in [0, 0.05) is 16.1 Å². The molecule has 1 aromatic carbocycles. The number of hydrogen-bond donors (Lipinski definition) is 1. The lowest BCUT2D eigenvalue weighted by molar-refractivity contribution is 0.406. The van der Waals surface area contributed by atoms with E-state index in [0.29, 0.717) is 5.92 Å². The van der Waals surface area contributed by atoms with Crippen molar-refractivity contribution in [3.8, 4) is 5.75 Å². The number of benzene rings is 1. The second-order valence-corrected chi connectivity index (χ2v) is 5.81. The molecule has 17 heavy (non-hydrogen) atoms. The largest absolute Gasteiger partial charge is 0.496 e. The first kappa shape index (κ1) is 12.7. The molecule has 0 saturated heterocycles. The van der Waals surface area contributed by atoms with Gasteiger partial charge in [-0.25, -0.2) is 0 Å². The van der Waals surface area contributed by atoms with Crippen LogP contribution in [0.3, 0.4) is 0 Å². The maximum atomic E-state index is 6.21. The molecule has 0 unspecified atom stereocenters. The molecule has 1 aromatic rings. The second-order valence-electron chi connectivity index (χ2n) is 5.37. The number of halogens is 1. The third-order valence-electron chi connectivity index (χ3n) is 3.42. The van der Waals surface area contributed by atoms with E-state index in [4.69, 9.17) is 22.1 Å².